The Balaban J connectivity index is 1.54. The van der Waals surface area contributed by atoms with Crippen LogP contribution in [0.5, 0.6) is 0 Å². The molecule has 1 aliphatic rings. The molecule has 114 valence electrons. The Morgan fingerprint density at radius 1 is 1.23 bits per heavy atom. The first-order valence-electron chi connectivity index (χ1n) is 7.49. The Kier molecular flexibility index (Phi) is 4.37. The molecule has 1 atom stereocenters. The van der Waals surface area contributed by atoms with E-state index in [1.807, 2.05) is 12.1 Å². The third-order valence-corrected chi connectivity index (χ3v) is 3.81. The van der Waals surface area contributed by atoms with Crippen molar-refractivity contribution >= 4 is 5.91 Å². The van der Waals surface area contributed by atoms with Crippen molar-refractivity contribution in [3.05, 3.63) is 60.1 Å². The van der Waals surface area contributed by atoms with Crippen molar-refractivity contribution in [2.45, 2.75) is 25.8 Å². The zero-order chi connectivity index (χ0) is 15.4. The van der Waals surface area contributed by atoms with Gasteiger partial charge in [-0.3, -0.25) is 4.79 Å². The van der Waals surface area contributed by atoms with E-state index in [-0.39, 0.29) is 11.7 Å². The number of furan rings is 1. The fourth-order valence-electron chi connectivity index (χ4n) is 2.60. The summed E-state index contributed by atoms with van der Waals surface area (Å²) in [5.74, 6) is 1.49. The molecule has 1 aromatic heterocycles. The summed E-state index contributed by atoms with van der Waals surface area (Å²) in [7, 11) is 0. The molecule has 0 saturated carbocycles. The molecule has 3 rings (SSSR count). The lowest BCUT2D eigenvalue weighted by atomic mass is 10.1. The quantitative estimate of drug-likeness (QED) is 0.846. The van der Waals surface area contributed by atoms with Gasteiger partial charge in [0.05, 0.1) is 6.54 Å². The standard InChI is InChI=1S/C18H18FNO2/c19-15-7-5-14(6-8-15)17-10-9-16(22-17)12-20-18(21)11-13-3-1-2-4-13/h1,3,5-10,13H,2,4,11-12H2,(H,20,21)/t13-/m0/s1. The van der Waals surface area contributed by atoms with Crippen LogP contribution in [0.3, 0.4) is 0 Å². The van der Waals surface area contributed by atoms with Crippen LogP contribution in [0.4, 0.5) is 4.39 Å². The minimum absolute atomic E-state index is 0.0382. The van der Waals surface area contributed by atoms with Gasteiger partial charge in [-0.2, -0.15) is 0 Å². The van der Waals surface area contributed by atoms with Crippen molar-refractivity contribution in [1.29, 1.82) is 0 Å². The lowest BCUT2D eigenvalue weighted by Crippen LogP contribution is -2.24. The van der Waals surface area contributed by atoms with Gasteiger partial charge >= 0.3 is 0 Å². The number of halogens is 1. The first-order valence-corrected chi connectivity index (χ1v) is 7.49. The van der Waals surface area contributed by atoms with E-state index in [9.17, 15) is 9.18 Å². The molecular weight excluding hydrogens is 281 g/mol. The highest BCUT2D eigenvalue weighted by atomic mass is 19.1. The third kappa shape index (κ3) is 3.64. The maximum Gasteiger partial charge on any atom is 0.220 e. The maximum atomic E-state index is 12.9. The Bertz CT molecular complexity index is 673. The van der Waals surface area contributed by atoms with E-state index in [1.165, 1.54) is 12.1 Å². The predicted octanol–water partition coefficient (Wildman–Crippen LogP) is 4.06. The number of hydrogen-bond donors (Lipinski definition) is 1. The molecule has 1 N–H and O–H groups in total. The van der Waals surface area contributed by atoms with Gasteiger partial charge in [0.25, 0.3) is 0 Å². The number of nitrogens with one attached hydrogen (secondary N) is 1. The fourth-order valence-corrected chi connectivity index (χ4v) is 2.60. The van der Waals surface area contributed by atoms with Crippen LogP contribution in [0.25, 0.3) is 11.3 Å². The summed E-state index contributed by atoms with van der Waals surface area (Å²) >= 11 is 0. The molecule has 0 spiro atoms. The normalized spacial score (nSPS) is 16.9. The van der Waals surface area contributed by atoms with Crippen LogP contribution in [0, 0.1) is 11.7 Å². The van der Waals surface area contributed by atoms with Gasteiger partial charge in [0, 0.05) is 12.0 Å². The molecule has 1 amide bonds. The van der Waals surface area contributed by atoms with Gasteiger partial charge in [-0.15, -0.1) is 0 Å². The maximum absolute atomic E-state index is 12.9. The molecule has 1 heterocycles. The smallest absolute Gasteiger partial charge is 0.220 e. The molecule has 4 heteroatoms. The summed E-state index contributed by atoms with van der Waals surface area (Å²) in [5.41, 5.74) is 0.815. The van der Waals surface area contributed by atoms with Crippen LogP contribution in [-0.4, -0.2) is 5.91 Å². The largest absolute Gasteiger partial charge is 0.459 e. The molecule has 1 aliphatic carbocycles. The van der Waals surface area contributed by atoms with Gasteiger partial charge in [0.2, 0.25) is 5.91 Å². The van der Waals surface area contributed by atoms with Crippen LogP contribution >= 0.6 is 0 Å². The predicted molar refractivity (Wildman–Crippen MR) is 82.4 cm³/mol. The topological polar surface area (TPSA) is 42.2 Å². The van der Waals surface area contributed by atoms with E-state index >= 15 is 0 Å². The molecule has 0 fully saturated rings. The summed E-state index contributed by atoms with van der Waals surface area (Å²) in [6.45, 7) is 0.371. The van der Waals surface area contributed by atoms with Gasteiger partial charge in [0.1, 0.15) is 17.3 Å². The Morgan fingerprint density at radius 3 is 2.77 bits per heavy atom. The van der Waals surface area contributed by atoms with Crippen molar-refractivity contribution in [3.8, 4) is 11.3 Å². The second-order valence-electron chi connectivity index (χ2n) is 5.52. The number of benzene rings is 1. The van der Waals surface area contributed by atoms with E-state index in [4.69, 9.17) is 4.42 Å². The Morgan fingerprint density at radius 2 is 2.05 bits per heavy atom. The molecule has 3 nitrogen and oxygen atoms in total. The van der Waals surface area contributed by atoms with Crippen LogP contribution in [-0.2, 0) is 11.3 Å². The molecule has 22 heavy (non-hydrogen) atoms. The molecule has 0 aliphatic heterocycles. The van der Waals surface area contributed by atoms with Crippen molar-refractivity contribution in [1.82, 2.24) is 5.32 Å². The molecule has 0 saturated heterocycles. The number of rotatable bonds is 5. The van der Waals surface area contributed by atoms with Gasteiger partial charge in [-0.1, -0.05) is 12.2 Å². The highest BCUT2D eigenvalue weighted by molar-refractivity contribution is 5.76. The minimum atomic E-state index is -0.274. The lowest BCUT2D eigenvalue weighted by molar-refractivity contribution is -0.121. The van der Waals surface area contributed by atoms with E-state index in [2.05, 4.69) is 17.5 Å². The van der Waals surface area contributed by atoms with Gasteiger partial charge in [0.15, 0.2) is 0 Å². The first-order chi connectivity index (χ1) is 10.7. The molecule has 0 unspecified atom stereocenters. The number of allylic oxidation sites excluding steroid dienone is 2. The summed E-state index contributed by atoms with van der Waals surface area (Å²) < 4.78 is 18.6. The van der Waals surface area contributed by atoms with Crippen LogP contribution < -0.4 is 5.32 Å². The van der Waals surface area contributed by atoms with Crippen LogP contribution in [0.1, 0.15) is 25.0 Å². The summed E-state index contributed by atoms with van der Waals surface area (Å²) in [5, 5.41) is 2.87. The van der Waals surface area contributed by atoms with Gasteiger partial charge in [-0.05, 0) is 55.2 Å². The van der Waals surface area contributed by atoms with Crippen molar-refractivity contribution in [3.63, 3.8) is 0 Å². The molecule has 2 aromatic rings. The van der Waals surface area contributed by atoms with Crippen molar-refractivity contribution in [2.24, 2.45) is 5.92 Å². The Hall–Kier alpha value is -2.36. The van der Waals surface area contributed by atoms with E-state index in [0.29, 0.717) is 30.4 Å². The number of carbonyl (C=O) groups excluding carboxylic acids is 1. The number of carbonyl (C=O) groups is 1. The summed E-state index contributed by atoms with van der Waals surface area (Å²) in [4.78, 5) is 11.9. The lowest BCUT2D eigenvalue weighted by Gasteiger charge is -2.07. The monoisotopic (exact) mass is 299 g/mol. The average Bonchev–Trinajstić information content (AvgIpc) is 3.17. The van der Waals surface area contributed by atoms with Crippen LogP contribution in [0.2, 0.25) is 0 Å². The number of amides is 1. The van der Waals surface area contributed by atoms with Crippen molar-refractivity contribution in [2.75, 3.05) is 0 Å². The van der Waals surface area contributed by atoms with E-state index < -0.39 is 0 Å². The Labute approximate surface area is 128 Å². The van der Waals surface area contributed by atoms with E-state index in [1.54, 1.807) is 12.1 Å². The second-order valence-corrected chi connectivity index (χ2v) is 5.52. The molecular formula is C18H18FNO2. The van der Waals surface area contributed by atoms with Crippen molar-refractivity contribution < 1.29 is 13.6 Å². The zero-order valence-electron chi connectivity index (χ0n) is 12.2. The number of hydrogen-bond acceptors (Lipinski definition) is 2. The second kappa shape index (κ2) is 6.60. The highest BCUT2D eigenvalue weighted by Crippen LogP contribution is 2.23. The molecule has 0 bridgehead atoms. The molecule has 0 radical (unpaired) electrons. The third-order valence-electron chi connectivity index (χ3n) is 3.81. The average molecular weight is 299 g/mol. The highest BCUT2D eigenvalue weighted by Gasteiger charge is 2.14. The van der Waals surface area contributed by atoms with Gasteiger partial charge in [-0.25, -0.2) is 4.39 Å². The first kappa shape index (κ1) is 14.6. The SMILES string of the molecule is O=C(C[C@H]1C=CCC1)NCc1ccc(-c2ccc(F)cc2)o1. The summed E-state index contributed by atoms with van der Waals surface area (Å²) in [6, 6.07) is 9.79. The fraction of sp³-hybridized carbons (Fsp3) is 0.278. The minimum Gasteiger partial charge on any atom is -0.459 e. The molecule has 1 aromatic carbocycles. The van der Waals surface area contributed by atoms with E-state index in [0.717, 1.165) is 18.4 Å². The van der Waals surface area contributed by atoms with Crippen LogP contribution in [0.15, 0.2) is 53.0 Å². The van der Waals surface area contributed by atoms with Gasteiger partial charge < -0.3 is 9.73 Å². The summed E-state index contributed by atoms with van der Waals surface area (Å²) in [6.07, 6.45) is 6.89. The zero-order valence-corrected chi connectivity index (χ0v) is 12.2.